The van der Waals surface area contributed by atoms with Crippen LogP contribution in [0.15, 0.2) is 30.5 Å². The summed E-state index contributed by atoms with van der Waals surface area (Å²) in [7, 11) is 3.99. The van der Waals surface area contributed by atoms with Gasteiger partial charge < -0.3 is 16.4 Å². The molecule has 20 heavy (non-hydrogen) atoms. The Morgan fingerprint density at radius 3 is 2.40 bits per heavy atom. The molecule has 2 heterocycles. The number of nitrogen functional groups attached to an aromatic ring is 2. The lowest BCUT2D eigenvalue weighted by Gasteiger charge is -2.12. The SMILES string of the molecule is CN(C)c1ccc(-c2cn3c(N)nnc3c(N)n2)cc1. The predicted molar refractivity (Wildman–Crippen MR) is 79.4 cm³/mol. The van der Waals surface area contributed by atoms with Crippen molar-refractivity contribution in [2.24, 2.45) is 0 Å². The van der Waals surface area contributed by atoms with Crippen LogP contribution in [0.2, 0.25) is 0 Å². The van der Waals surface area contributed by atoms with Gasteiger partial charge in [0.25, 0.3) is 0 Å². The van der Waals surface area contributed by atoms with Gasteiger partial charge in [-0.2, -0.15) is 0 Å². The first-order valence-corrected chi connectivity index (χ1v) is 6.11. The fraction of sp³-hybridized carbons (Fsp3) is 0.154. The number of nitrogens with zero attached hydrogens (tertiary/aromatic N) is 5. The van der Waals surface area contributed by atoms with E-state index in [1.165, 1.54) is 0 Å². The van der Waals surface area contributed by atoms with Gasteiger partial charge in [0.15, 0.2) is 5.82 Å². The molecule has 0 aliphatic carbocycles. The van der Waals surface area contributed by atoms with Crippen molar-refractivity contribution in [2.75, 3.05) is 30.5 Å². The molecule has 0 aliphatic heterocycles. The van der Waals surface area contributed by atoms with E-state index in [2.05, 4.69) is 15.2 Å². The summed E-state index contributed by atoms with van der Waals surface area (Å²) < 4.78 is 1.64. The van der Waals surface area contributed by atoms with Crippen molar-refractivity contribution in [1.82, 2.24) is 19.6 Å². The van der Waals surface area contributed by atoms with Gasteiger partial charge in [-0.3, -0.25) is 4.40 Å². The minimum Gasteiger partial charge on any atom is -0.381 e. The molecule has 4 N–H and O–H groups in total. The Kier molecular flexibility index (Phi) is 2.67. The molecule has 0 saturated heterocycles. The number of anilines is 3. The van der Waals surface area contributed by atoms with Crippen molar-refractivity contribution in [3.8, 4) is 11.3 Å². The fourth-order valence-electron chi connectivity index (χ4n) is 2.01. The van der Waals surface area contributed by atoms with Crippen molar-refractivity contribution < 1.29 is 0 Å². The summed E-state index contributed by atoms with van der Waals surface area (Å²) >= 11 is 0. The molecule has 0 radical (unpaired) electrons. The monoisotopic (exact) mass is 269 g/mol. The summed E-state index contributed by atoms with van der Waals surface area (Å²) in [5.41, 5.74) is 14.9. The number of benzene rings is 1. The molecule has 7 nitrogen and oxygen atoms in total. The molecule has 0 saturated carbocycles. The van der Waals surface area contributed by atoms with Gasteiger partial charge in [-0.05, 0) is 12.1 Å². The Hall–Kier alpha value is -2.83. The topological polar surface area (TPSA) is 98.4 Å². The minimum atomic E-state index is 0.292. The third kappa shape index (κ3) is 1.89. The van der Waals surface area contributed by atoms with Gasteiger partial charge in [-0.25, -0.2) is 4.98 Å². The van der Waals surface area contributed by atoms with Crippen LogP contribution >= 0.6 is 0 Å². The summed E-state index contributed by atoms with van der Waals surface area (Å²) in [6.45, 7) is 0. The van der Waals surface area contributed by atoms with Crippen molar-refractivity contribution >= 4 is 23.1 Å². The van der Waals surface area contributed by atoms with Crippen LogP contribution in [0, 0.1) is 0 Å². The first-order valence-electron chi connectivity index (χ1n) is 6.11. The number of rotatable bonds is 2. The largest absolute Gasteiger partial charge is 0.381 e. The van der Waals surface area contributed by atoms with E-state index in [0.29, 0.717) is 17.4 Å². The lowest BCUT2D eigenvalue weighted by Crippen LogP contribution is -2.08. The van der Waals surface area contributed by atoms with E-state index in [4.69, 9.17) is 11.5 Å². The Bertz CT molecular complexity index is 758. The molecule has 0 atom stereocenters. The summed E-state index contributed by atoms with van der Waals surface area (Å²) in [6.07, 6.45) is 1.78. The second-order valence-corrected chi connectivity index (χ2v) is 4.70. The Labute approximate surface area is 115 Å². The molecular formula is C13H15N7. The highest BCUT2D eigenvalue weighted by molar-refractivity contribution is 5.69. The lowest BCUT2D eigenvalue weighted by molar-refractivity contribution is 1.12. The average molecular weight is 269 g/mol. The van der Waals surface area contributed by atoms with Gasteiger partial charge in [0.2, 0.25) is 11.6 Å². The number of aromatic nitrogens is 4. The van der Waals surface area contributed by atoms with Crippen molar-refractivity contribution in [2.45, 2.75) is 0 Å². The van der Waals surface area contributed by atoms with Crippen LogP contribution in [0.1, 0.15) is 0 Å². The molecule has 7 heteroatoms. The molecular weight excluding hydrogens is 254 g/mol. The highest BCUT2D eigenvalue weighted by Gasteiger charge is 2.10. The van der Waals surface area contributed by atoms with Crippen molar-refractivity contribution in [1.29, 1.82) is 0 Å². The van der Waals surface area contributed by atoms with Crippen LogP contribution in [0.25, 0.3) is 16.9 Å². The van der Waals surface area contributed by atoms with E-state index in [1.807, 2.05) is 43.3 Å². The third-order valence-electron chi connectivity index (χ3n) is 3.12. The molecule has 0 aliphatic rings. The first kappa shape index (κ1) is 12.2. The van der Waals surface area contributed by atoms with Crippen molar-refractivity contribution in [3.63, 3.8) is 0 Å². The third-order valence-corrected chi connectivity index (χ3v) is 3.12. The maximum Gasteiger partial charge on any atom is 0.226 e. The summed E-state index contributed by atoms with van der Waals surface area (Å²) in [4.78, 5) is 6.38. The zero-order valence-electron chi connectivity index (χ0n) is 11.3. The number of hydrogen-bond acceptors (Lipinski definition) is 6. The highest BCUT2D eigenvalue weighted by Crippen LogP contribution is 2.23. The van der Waals surface area contributed by atoms with Crippen LogP contribution in [-0.2, 0) is 0 Å². The van der Waals surface area contributed by atoms with Crippen molar-refractivity contribution in [3.05, 3.63) is 30.5 Å². The molecule has 0 bridgehead atoms. The molecule has 0 unspecified atom stereocenters. The zero-order chi connectivity index (χ0) is 14.3. The van der Waals surface area contributed by atoms with Crippen LogP contribution < -0.4 is 16.4 Å². The van der Waals surface area contributed by atoms with Crippen LogP contribution in [0.3, 0.4) is 0 Å². The van der Waals surface area contributed by atoms with E-state index in [-0.39, 0.29) is 0 Å². The second kappa shape index (κ2) is 4.37. The molecule has 0 amide bonds. The quantitative estimate of drug-likeness (QED) is 0.720. The first-order chi connectivity index (χ1) is 9.56. The summed E-state index contributed by atoms with van der Waals surface area (Å²) in [5.74, 6) is 0.601. The van der Waals surface area contributed by atoms with Crippen LogP contribution in [0.5, 0.6) is 0 Å². The van der Waals surface area contributed by atoms with Gasteiger partial charge in [-0.1, -0.05) is 12.1 Å². The summed E-state index contributed by atoms with van der Waals surface area (Å²) in [5, 5.41) is 7.68. The second-order valence-electron chi connectivity index (χ2n) is 4.70. The number of fused-ring (bicyclic) bond motifs is 1. The normalized spacial score (nSPS) is 10.9. The Morgan fingerprint density at radius 1 is 1.05 bits per heavy atom. The van der Waals surface area contributed by atoms with Gasteiger partial charge in [-0.15, -0.1) is 10.2 Å². The molecule has 102 valence electrons. The van der Waals surface area contributed by atoms with E-state index in [9.17, 15) is 0 Å². The minimum absolute atomic E-state index is 0.292. The van der Waals surface area contributed by atoms with Gasteiger partial charge in [0, 0.05) is 31.5 Å². The summed E-state index contributed by atoms with van der Waals surface area (Å²) in [6, 6.07) is 8.02. The molecule has 3 rings (SSSR count). The molecule has 0 spiro atoms. The standard InChI is InChI=1S/C13H15N7/c1-19(2)9-5-3-8(4-6-9)10-7-20-12(11(14)16-10)17-18-13(20)15/h3-7H,1-2H3,(H2,14,16)(H2,15,18). The molecule has 3 aromatic rings. The molecule has 2 aromatic heterocycles. The Balaban J connectivity index is 2.11. The smallest absolute Gasteiger partial charge is 0.226 e. The van der Waals surface area contributed by atoms with Crippen LogP contribution in [0.4, 0.5) is 17.5 Å². The molecule has 0 fully saturated rings. The molecule has 1 aromatic carbocycles. The van der Waals surface area contributed by atoms with E-state index in [0.717, 1.165) is 16.9 Å². The zero-order valence-corrected chi connectivity index (χ0v) is 11.3. The Morgan fingerprint density at radius 2 is 1.75 bits per heavy atom. The maximum atomic E-state index is 5.89. The van der Waals surface area contributed by atoms with E-state index in [1.54, 1.807) is 10.6 Å². The highest BCUT2D eigenvalue weighted by atomic mass is 15.3. The predicted octanol–water partition coefficient (Wildman–Crippen LogP) is 1.02. The van der Waals surface area contributed by atoms with Gasteiger partial charge in [0.05, 0.1) is 5.69 Å². The maximum absolute atomic E-state index is 5.89. The number of nitrogens with two attached hydrogens (primary N) is 2. The van der Waals surface area contributed by atoms with E-state index < -0.39 is 0 Å². The van der Waals surface area contributed by atoms with Crippen LogP contribution in [-0.4, -0.2) is 33.7 Å². The van der Waals surface area contributed by atoms with E-state index >= 15 is 0 Å². The average Bonchev–Trinajstić information content (AvgIpc) is 2.81. The fourth-order valence-corrected chi connectivity index (χ4v) is 2.01. The van der Waals surface area contributed by atoms with Gasteiger partial charge >= 0.3 is 0 Å². The number of hydrogen-bond donors (Lipinski definition) is 2. The lowest BCUT2D eigenvalue weighted by atomic mass is 10.1. The van der Waals surface area contributed by atoms with Gasteiger partial charge in [0.1, 0.15) is 0 Å².